The van der Waals surface area contributed by atoms with Crippen molar-refractivity contribution < 1.29 is 34.1 Å². The van der Waals surface area contributed by atoms with E-state index in [0.29, 0.717) is 22.6 Å². The smallest absolute Gasteiger partial charge is 0.412 e. The van der Waals surface area contributed by atoms with Crippen LogP contribution in [-0.4, -0.2) is 48.7 Å². The molecule has 0 bridgehead atoms. The zero-order valence-electron chi connectivity index (χ0n) is 17.2. The molecule has 0 saturated carbocycles. The second-order valence-electron chi connectivity index (χ2n) is 6.32. The van der Waals surface area contributed by atoms with E-state index in [1.165, 1.54) is 18.7 Å². The van der Waals surface area contributed by atoms with E-state index in [2.05, 4.69) is 5.32 Å². The van der Waals surface area contributed by atoms with Crippen LogP contribution in [0.4, 0.5) is 10.5 Å². The van der Waals surface area contributed by atoms with Gasteiger partial charge in [-0.05, 0) is 48.0 Å². The van der Waals surface area contributed by atoms with Gasteiger partial charge in [-0.1, -0.05) is 12.1 Å². The van der Waals surface area contributed by atoms with Gasteiger partial charge < -0.3 is 19.3 Å². The molecule has 2 amide bonds. The number of hydroxylamine groups is 1. The molecule has 168 valence electrons. The maximum absolute atomic E-state index is 12.6. The van der Waals surface area contributed by atoms with Gasteiger partial charge in [-0.25, -0.2) is 10.3 Å². The minimum absolute atomic E-state index is 0.0818. The Bertz CT molecular complexity index is 970. The molecule has 0 aliphatic heterocycles. The Hall–Kier alpha value is -3.91. The van der Waals surface area contributed by atoms with E-state index in [1.54, 1.807) is 48.5 Å². The van der Waals surface area contributed by atoms with Crippen LogP contribution in [0, 0.1) is 11.3 Å². The van der Waals surface area contributed by atoms with Gasteiger partial charge in [0, 0.05) is 18.9 Å². The third-order valence-electron chi connectivity index (χ3n) is 4.16. The minimum Gasteiger partial charge on any atom is -0.491 e. The molecule has 2 aromatic carbocycles. The van der Waals surface area contributed by atoms with Crippen molar-refractivity contribution in [3.63, 3.8) is 0 Å². The number of ether oxygens (including phenoxy) is 3. The first kappa shape index (κ1) is 24.4. The highest BCUT2D eigenvalue weighted by Crippen LogP contribution is 2.28. The standard InChI is InChI=1S/C22H23N3O7/c1-30-19(9-10-20(27)25-29)21(16-3-2-4-18(13-16)31-12-11-26)32-22(28)24-17-7-5-15(14-23)6-8-17/h2-10,13,19,21,26,29H,11-12H2,1H3,(H,24,28)(H,25,27)/b10-9+/t19-,21-/m0/s1. The molecule has 4 N–H and O–H groups in total. The molecule has 0 aliphatic carbocycles. The Morgan fingerprint density at radius 2 is 1.97 bits per heavy atom. The van der Waals surface area contributed by atoms with Crippen LogP contribution in [0.2, 0.25) is 0 Å². The third kappa shape index (κ3) is 7.41. The van der Waals surface area contributed by atoms with E-state index >= 15 is 0 Å². The monoisotopic (exact) mass is 441 g/mol. The van der Waals surface area contributed by atoms with Crippen molar-refractivity contribution in [3.05, 3.63) is 71.8 Å². The van der Waals surface area contributed by atoms with E-state index < -0.39 is 24.2 Å². The molecule has 0 saturated heterocycles. The van der Waals surface area contributed by atoms with Crippen LogP contribution in [-0.2, 0) is 14.3 Å². The number of aliphatic hydroxyl groups excluding tert-OH is 1. The summed E-state index contributed by atoms with van der Waals surface area (Å²) in [7, 11) is 1.37. The average Bonchev–Trinajstić information content (AvgIpc) is 2.82. The van der Waals surface area contributed by atoms with Gasteiger partial charge >= 0.3 is 6.09 Å². The predicted molar refractivity (Wildman–Crippen MR) is 113 cm³/mol. The highest BCUT2D eigenvalue weighted by atomic mass is 16.6. The van der Waals surface area contributed by atoms with Crippen molar-refractivity contribution in [3.8, 4) is 11.8 Å². The van der Waals surface area contributed by atoms with Gasteiger partial charge in [-0.3, -0.25) is 15.3 Å². The van der Waals surface area contributed by atoms with Crippen molar-refractivity contribution >= 4 is 17.7 Å². The van der Waals surface area contributed by atoms with E-state index in [-0.39, 0.29) is 13.2 Å². The Balaban J connectivity index is 2.27. The van der Waals surface area contributed by atoms with Gasteiger partial charge in [0.25, 0.3) is 5.91 Å². The van der Waals surface area contributed by atoms with Gasteiger partial charge in [-0.15, -0.1) is 0 Å². The van der Waals surface area contributed by atoms with E-state index in [4.69, 9.17) is 29.8 Å². The summed E-state index contributed by atoms with van der Waals surface area (Å²) in [6, 6.07) is 14.8. The summed E-state index contributed by atoms with van der Waals surface area (Å²) in [6.45, 7) is -0.0880. The molecule has 0 radical (unpaired) electrons. The van der Waals surface area contributed by atoms with Gasteiger partial charge in [0.15, 0.2) is 6.10 Å². The van der Waals surface area contributed by atoms with Gasteiger partial charge in [0.1, 0.15) is 18.5 Å². The number of hydrogen-bond donors (Lipinski definition) is 4. The van der Waals surface area contributed by atoms with Gasteiger partial charge in [0.05, 0.1) is 18.2 Å². The summed E-state index contributed by atoms with van der Waals surface area (Å²) in [5, 5.41) is 29.1. The molecule has 2 atom stereocenters. The van der Waals surface area contributed by atoms with E-state index in [1.807, 2.05) is 6.07 Å². The summed E-state index contributed by atoms with van der Waals surface area (Å²) >= 11 is 0. The van der Waals surface area contributed by atoms with Crippen LogP contribution in [0.15, 0.2) is 60.7 Å². The van der Waals surface area contributed by atoms with Crippen molar-refractivity contribution in [2.45, 2.75) is 12.2 Å². The third-order valence-corrected chi connectivity index (χ3v) is 4.16. The van der Waals surface area contributed by atoms with Crippen LogP contribution < -0.4 is 15.5 Å². The number of rotatable bonds is 10. The molecular formula is C22H23N3O7. The van der Waals surface area contributed by atoms with Gasteiger partial charge in [0.2, 0.25) is 0 Å². The predicted octanol–water partition coefficient (Wildman–Crippen LogP) is 2.30. The number of anilines is 1. The average molecular weight is 441 g/mol. The van der Waals surface area contributed by atoms with Crippen LogP contribution in [0.5, 0.6) is 5.75 Å². The molecular weight excluding hydrogens is 418 g/mol. The van der Waals surface area contributed by atoms with Crippen LogP contribution in [0.25, 0.3) is 0 Å². The number of methoxy groups -OCH3 is 1. The number of nitrogens with zero attached hydrogens (tertiary/aromatic N) is 1. The first-order valence-corrected chi connectivity index (χ1v) is 9.47. The fourth-order valence-corrected chi connectivity index (χ4v) is 2.68. The first-order chi connectivity index (χ1) is 15.5. The Morgan fingerprint density at radius 1 is 1.22 bits per heavy atom. The normalized spacial score (nSPS) is 12.4. The SMILES string of the molecule is CO[C@@H](/C=C/C(=O)NO)[C@@H](OC(=O)Nc1ccc(C#N)cc1)c1cccc(OCCO)c1. The molecule has 10 heteroatoms. The number of carbonyl (C=O) groups excluding carboxylic acids is 2. The molecule has 0 heterocycles. The highest BCUT2D eigenvalue weighted by Gasteiger charge is 2.26. The number of hydrogen-bond acceptors (Lipinski definition) is 8. The molecule has 0 aliphatic rings. The van der Waals surface area contributed by atoms with Crippen molar-refractivity contribution in [2.75, 3.05) is 25.6 Å². The Morgan fingerprint density at radius 3 is 2.59 bits per heavy atom. The number of aliphatic hydroxyl groups is 1. The van der Waals surface area contributed by atoms with Crippen LogP contribution in [0.3, 0.4) is 0 Å². The van der Waals surface area contributed by atoms with Crippen molar-refractivity contribution in [2.24, 2.45) is 0 Å². The maximum atomic E-state index is 12.6. The molecule has 10 nitrogen and oxygen atoms in total. The summed E-state index contributed by atoms with van der Waals surface area (Å²) < 4.78 is 16.4. The summed E-state index contributed by atoms with van der Waals surface area (Å²) in [5.41, 5.74) is 2.82. The first-order valence-electron chi connectivity index (χ1n) is 9.47. The fourth-order valence-electron chi connectivity index (χ4n) is 2.68. The van der Waals surface area contributed by atoms with E-state index in [9.17, 15) is 9.59 Å². The molecule has 0 fully saturated rings. The lowest BCUT2D eigenvalue weighted by Crippen LogP contribution is -2.27. The maximum Gasteiger partial charge on any atom is 0.412 e. The number of benzene rings is 2. The molecule has 2 aromatic rings. The quantitative estimate of drug-likeness (QED) is 0.249. The van der Waals surface area contributed by atoms with Crippen LogP contribution >= 0.6 is 0 Å². The number of nitriles is 1. The molecule has 32 heavy (non-hydrogen) atoms. The fraction of sp³-hybridized carbons (Fsp3) is 0.227. The number of nitrogens with one attached hydrogen (secondary N) is 2. The lowest BCUT2D eigenvalue weighted by molar-refractivity contribution is -0.124. The minimum atomic E-state index is -1.00. The lowest BCUT2D eigenvalue weighted by atomic mass is 10.0. The zero-order chi connectivity index (χ0) is 23.3. The largest absolute Gasteiger partial charge is 0.491 e. The molecule has 2 rings (SSSR count). The summed E-state index contributed by atoms with van der Waals surface area (Å²) in [4.78, 5) is 23.9. The topological polar surface area (TPSA) is 150 Å². The number of amides is 2. The van der Waals surface area contributed by atoms with Crippen molar-refractivity contribution in [1.82, 2.24) is 5.48 Å². The molecule has 0 spiro atoms. The summed E-state index contributed by atoms with van der Waals surface area (Å²) in [6.07, 6.45) is -0.337. The van der Waals surface area contributed by atoms with Crippen LogP contribution in [0.1, 0.15) is 17.2 Å². The highest BCUT2D eigenvalue weighted by molar-refractivity contribution is 5.86. The molecule has 0 unspecified atom stereocenters. The van der Waals surface area contributed by atoms with E-state index in [0.717, 1.165) is 6.08 Å². The molecule has 0 aromatic heterocycles. The lowest BCUT2D eigenvalue weighted by Gasteiger charge is -2.25. The Labute approximate surface area is 184 Å². The zero-order valence-corrected chi connectivity index (χ0v) is 17.2. The van der Waals surface area contributed by atoms with Crippen molar-refractivity contribution in [1.29, 1.82) is 5.26 Å². The Kier molecular flexibility index (Phi) is 9.68. The number of carbonyl (C=O) groups is 2. The second-order valence-corrected chi connectivity index (χ2v) is 6.32. The second kappa shape index (κ2) is 12.7. The van der Waals surface area contributed by atoms with Gasteiger partial charge in [-0.2, -0.15) is 5.26 Å². The summed E-state index contributed by atoms with van der Waals surface area (Å²) in [5.74, 6) is -0.350.